The van der Waals surface area contributed by atoms with Gasteiger partial charge in [0.15, 0.2) is 0 Å². The van der Waals surface area contributed by atoms with E-state index in [1.165, 1.54) is 0 Å². The number of urea groups is 1. The quantitative estimate of drug-likeness (QED) is 0.769. The van der Waals surface area contributed by atoms with E-state index in [9.17, 15) is 18.0 Å². The third-order valence-electron chi connectivity index (χ3n) is 2.16. The number of alkyl halides is 3. The van der Waals surface area contributed by atoms with E-state index in [0.717, 1.165) is 5.56 Å². The number of hydrogen-bond donors (Lipinski definition) is 3. The lowest BCUT2D eigenvalue weighted by atomic mass is 10.1. The summed E-state index contributed by atoms with van der Waals surface area (Å²) in [6, 6.07) is 7.61. The Balaban J connectivity index is 2.31. The van der Waals surface area contributed by atoms with E-state index in [-0.39, 0.29) is 6.54 Å². The maximum absolute atomic E-state index is 11.8. The molecule has 1 aromatic rings. The molecule has 0 radical (unpaired) electrons. The van der Waals surface area contributed by atoms with Gasteiger partial charge in [-0.2, -0.15) is 13.2 Å². The molecule has 0 aromatic heterocycles. The van der Waals surface area contributed by atoms with Crippen LogP contribution >= 0.6 is 0 Å². The first kappa shape index (κ1) is 14.3. The van der Waals surface area contributed by atoms with Gasteiger partial charge >= 0.3 is 12.2 Å². The van der Waals surface area contributed by atoms with Gasteiger partial charge in [-0.05, 0) is 5.56 Å². The monoisotopic (exact) mass is 261 g/mol. The van der Waals surface area contributed by atoms with E-state index < -0.39 is 24.8 Å². The van der Waals surface area contributed by atoms with Crippen molar-refractivity contribution in [3.63, 3.8) is 0 Å². The molecular weight excluding hydrogens is 247 g/mol. The molecule has 0 aliphatic rings. The second kappa shape index (κ2) is 6.25. The molecule has 0 fully saturated rings. The highest BCUT2D eigenvalue weighted by atomic mass is 19.4. The summed E-state index contributed by atoms with van der Waals surface area (Å²) in [4.78, 5) is 11.0. The van der Waals surface area contributed by atoms with Crippen LogP contribution in [0.15, 0.2) is 30.3 Å². The highest BCUT2D eigenvalue weighted by Crippen LogP contribution is 2.12. The molecule has 0 aliphatic carbocycles. The van der Waals surface area contributed by atoms with Crippen molar-refractivity contribution < 1.29 is 18.0 Å². The molecular formula is C11H14F3N3O. The topological polar surface area (TPSA) is 67.1 Å². The molecule has 2 amide bonds. The molecule has 1 unspecified atom stereocenters. The fourth-order valence-electron chi connectivity index (χ4n) is 1.26. The minimum absolute atomic E-state index is 0.0632. The molecule has 0 spiro atoms. The first-order valence-corrected chi connectivity index (χ1v) is 5.27. The fraction of sp³-hybridized carbons (Fsp3) is 0.364. The Labute approximate surface area is 102 Å². The summed E-state index contributed by atoms with van der Waals surface area (Å²) in [5.74, 6) is 0. The van der Waals surface area contributed by atoms with Crippen LogP contribution in [0.4, 0.5) is 18.0 Å². The lowest BCUT2D eigenvalue weighted by Crippen LogP contribution is -2.43. The average Bonchev–Trinajstić information content (AvgIpc) is 2.33. The third kappa shape index (κ3) is 5.53. The first-order valence-electron chi connectivity index (χ1n) is 5.27. The Kier molecular flexibility index (Phi) is 4.96. The van der Waals surface area contributed by atoms with Crippen LogP contribution in [0.2, 0.25) is 0 Å². The summed E-state index contributed by atoms with van der Waals surface area (Å²) < 4.78 is 35.4. The molecule has 1 rings (SSSR count). The van der Waals surface area contributed by atoms with Crippen LogP contribution in [0.1, 0.15) is 11.6 Å². The van der Waals surface area contributed by atoms with E-state index in [2.05, 4.69) is 5.32 Å². The summed E-state index contributed by atoms with van der Waals surface area (Å²) in [5.41, 5.74) is 6.56. The van der Waals surface area contributed by atoms with Gasteiger partial charge in [0.2, 0.25) is 0 Å². The molecule has 4 nitrogen and oxygen atoms in total. The molecule has 0 bridgehead atoms. The summed E-state index contributed by atoms with van der Waals surface area (Å²) in [7, 11) is 0. The maximum atomic E-state index is 11.8. The number of halogens is 3. The zero-order valence-electron chi connectivity index (χ0n) is 9.50. The van der Waals surface area contributed by atoms with Crippen molar-refractivity contribution in [3.05, 3.63) is 35.9 Å². The largest absolute Gasteiger partial charge is 0.405 e. The fourth-order valence-corrected chi connectivity index (χ4v) is 1.26. The number of carbonyl (C=O) groups excluding carboxylic acids is 1. The van der Waals surface area contributed by atoms with Gasteiger partial charge in [-0.1, -0.05) is 30.3 Å². The lowest BCUT2D eigenvalue weighted by Gasteiger charge is -2.14. The lowest BCUT2D eigenvalue weighted by molar-refractivity contribution is -0.122. The third-order valence-corrected chi connectivity index (χ3v) is 2.16. The van der Waals surface area contributed by atoms with Gasteiger partial charge in [0, 0.05) is 12.6 Å². The second-order valence-electron chi connectivity index (χ2n) is 3.70. The van der Waals surface area contributed by atoms with E-state index in [4.69, 9.17) is 5.73 Å². The van der Waals surface area contributed by atoms with Crippen molar-refractivity contribution in [2.75, 3.05) is 13.1 Å². The van der Waals surface area contributed by atoms with E-state index in [1.54, 1.807) is 29.6 Å². The minimum Gasteiger partial charge on any atom is -0.336 e. The average molecular weight is 261 g/mol. The second-order valence-corrected chi connectivity index (χ2v) is 3.70. The molecule has 0 saturated carbocycles. The normalized spacial score (nSPS) is 12.9. The summed E-state index contributed by atoms with van der Waals surface area (Å²) in [6.07, 6.45) is -4.42. The van der Waals surface area contributed by atoms with Gasteiger partial charge in [-0.25, -0.2) is 4.79 Å². The maximum Gasteiger partial charge on any atom is 0.405 e. The number of rotatable bonds is 4. The molecule has 1 atom stereocenters. The number of benzene rings is 1. The van der Waals surface area contributed by atoms with Crippen LogP contribution in [-0.2, 0) is 0 Å². The van der Waals surface area contributed by atoms with Gasteiger partial charge < -0.3 is 16.4 Å². The number of nitrogens with one attached hydrogen (secondary N) is 2. The van der Waals surface area contributed by atoms with Crippen molar-refractivity contribution in [3.8, 4) is 0 Å². The van der Waals surface area contributed by atoms with Crippen molar-refractivity contribution in [1.29, 1.82) is 0 Å². The molecule has 0 heterocycles. The molecule has 18 heavy (non-hydrogen) atoms. The number of nitrogens with two attached hydrogens (primary N) is 1. The summed E-state index contributed by atoms with van der Waals surface area (Å²) in [6.45, 7) is -1.30. The van der Waals surface area contributed by atoms with E-state index >= 15 is 0 Å². The van der Waals surface area contributed by atoms with Crippen LogP contribution in [0.25, 0.3) is 0 Å². The van der Waals surface area contributed by atoms with Crippen molar-refractivity contribution in [2.45, 2.75) is 12.2 Å². The first-order chi connectivity index (χ1) is 8.38. The molecule has 0 aliphatic heterocycles. The Morgan fingerprint density at radius 1 is 1.22 bits per heavy atom. The van der Waals surface area contributed by atoms with E-state index in [1.807, 2.05) is 6.07 Å². The van der Waals surface area contributed by atoms with Gasteiger partial charge in [-0.3, -0.25) is 0 Å². The molecule has 0 saturated heterocycles. The van der Waals surface area contributed by atoms with Gasteiger partial charge in [0.25, 0.3) is 0 Å². The Hall–Kier alpha value is -1.76. The van der Waals surface area contributed by atoms with Crippen molar-refractivity contribution >= 4 is 6.03 Å². The van der Waals surface area contributed by atoms with Crippen LogP contribution in [0.3, 0.4) is 0 Å². The van der Waals surface area contributed by atoms with Gasteiger partial charge in [0.05, 0.1) is 0 Å². The predicted octanol–water partition coefficient (Wildman–Crippen LogP) is 1.55. The highest BCUT2D eigenvalue weighted by Gasteiger charge is 2.27. The van der Waals surface area contributed by atoms with Crippen LogP contribution < -0.4 is 16.4 Å². The Morgan fingerprint density at radius 2 is 1.83 bits per heavy atom. The van der Waals surface area contributed by atoms with Crippen molar-refractivity contribution in [2.24, 2.45) is 5.73 Å². The zero-order valence-corrected chi connectivity index (χ0v) is 9.50. The molecule has 7 heteroatoms. The van der Waals surface area contributed by atoms with Gasteiger partial charge in [0.1, 0.15) is 6.54 Å². The van der Waals surface area contributed by atoms with Gasteiger partial charge in [-0.15, -0.1) is 0 Å². The van der Waals surface area contributed by atoms with Crippen molar-refractivity contribution in [1.82, 2.24) is 10.6 Å². The zero-order chi connectivity index (χ0) is 13.6. The Bertz CT molecular complexity index is 381. The van der Waals surface area contributed by atoms with Crippen LogP contribution in [0, 0.1) is 0 Å². The summed E-state index contributed by atoms with van der Waals surface area (Å²) >= 11 is 0. The smallest absolute Gasteiger partial charge is 0.336 e. The predicted molar refractivity (Wildman–Crippen MR) is 60.8 cm³/mol. The van der Waals surface area contributed by atoms with Crippen LogP contribution in [-0.4, -0.2) is 25.3 Å². The molecule has 100 valence electrons. The standard InChI is InChI=1S/C11H14F3N3O/c12-11(13,14)7-17-10(18)16-6-9(15)8-4-2-1-3-5-8/h1-5,9H,6-7,15H2,(H2,16,17,18). The van der Waals surface area contributed by atoms with E-state index in [0.29, 0.717) is 0 Å². The number of carbonyl (C=O) groups is 1. The highest BCUT2D eigenvalue weighted by molar-refractivity contribution is 5.73. The molecule has 1 aromatic carbocycles. The molecule has 4 N–H and O–H groups in total. The number of hydrogen-bond acceptors (Lipinski definition) is 2. The number of amides is 2. The Morgan fingerprint density at radius 3 is 2.39 bits per heavy atom. The SMILES string of the molecule is NC(CNC(=O)NCC(F)(F)F)c1ccccc1. The minimum atomic E-state index is -4.42. The van der Waals surface area contributed by atoms with Crippen LogP contribution in [0.5, 0.6) is 0 Å². The summed E-state index contributed by atoms with van der Waals surface area (Å²) in [5, 5.41) is 3.98.